The van der Waals surface area contributed by atoms with E-state index in [1.165, 1.54) is 6.21 Å². The van der Waals surface area contributed by atoms with Crippen LogP contribution >= 0.6 is 0 Å². The van der Waals surface area contributed by atoms with E-state index in [4.69, 9.17) is 0 Å². The Morgan fingerprint density at radius 1 is 1.00 bits per heavy atom. The van der Waals surface area contributed by atoms with Crippen LogP contribution in [0.4, 0.5) is 0 Å². The van der Waals surface area contributed by atoms with Crippen LogP contribution in [0.3, 0.4) is 0 Å². The highest BCUT2D eigenvalue weighted by molar-refractivity contribution is 5.94. The molecule has 7 heteroatoms. The first-order valence-corrected chi connectivity index (χ1v) is 10.3. The van der Waals surface area contributed by atoms with Gasteiger partial charge in [-0.1, -0.05) is 35.5 Å². The summed E-state index contributed by atoms with van der Waals surface area (Å²) in [5.41, 5.74) is 8.26. The molecule has 0 aliphatic carbocycles. The van der Waals surface area contributed by atoms with E-state index in [1.807, 2.05) is 48.7 Å². The molecule has 160 valence electrons. The molecule has 0 bridgehead atoms. The Balaban J connectivity index is 1.29. The molecule has 4 aromatic rings. The smallest absolute Gasteiger partial charge is 0.271 e. The summed E-state index contributed by atoms with van der Waals surface area (Å²) in [6.07, 6.45) is 6.85. The maximum Gasteiger partial charge on any atom is 0.271 e. The summed E-state index contributed by atoms with van der Waals surface area (Å²) in [6.45, 7) is 4.77. The number of carbonyl (C=O) groups is 1. The van der Waals surface area contributed by atoms with Crippen LogP contribution < -0.4 is 5.43 Å². The lowest BCUT2D eigenvalue weighted by atomic mass is 10.2. The fourth-order valence-corrected chi connectivity index (χ4v) is 3.42. The zero-order valence-electron chi connectivity index (χ0n) is 18.0. The SMILES string of the molecule is Cc1ccc(C)n1-c1ccc(C(=O)N/N=C/C=C/c2cn(Cc3ccccc3)nn2)cc1. The number of amides is 1. The van der Waals surface area contributed by atoms with Crippen molar-refractivity contribution >= 4 is 18.2 Å². The number of nitrogens with zero attached hydrogens (tertiary/aromatic N) is 5. The number of rotatable bonds is 7. The third kappa shape index (κ3) is 5.07. The Bertz CT molecular complexity index is 1230. The fraction of sp³-hybridized carbons (Fsp3) is 0.120. The monoisotopic (exact) mass is 424 g/mol. The number of hydrogen-bond donors (Lipinski definition) is 1. The van der Waals surface area contributed by atoms with E-state index in [-0.39, 0.29) is 5.91 Å². The molecule has 0 aliphatic heterocycles. The fourth-order valence-electron chi connectivity index (χ4n) is 3.42. The van der Waals surface area contributed by atoms with E-state index in [1.54, 1.807) is 29.0 Å². The number of carbonyl (C=O) groups excluding carboxylic acids is 1. The quantitative estimate of drug-likeness (QED) is 0.357. The molecule has 2 aromatic carbocycles. The van der Waals surface area contributed by atoms with Crippen LogP contribution in [0.15, 0.2) is 84.1 Å². The molecule has 2 aromatic heterocycles. The minimum absolute atomic E-state index is 0.268. The predicted molar refractivity (Wildman–Crippen MR) is 126 cm³/mol. The van der Waals surface area contributed by atoms with E-state index < -0.39 is 0 Å². The van der Waals surface area contributed by atoms with Crippen molar-refractivity contribution < 1.29 is 4.79 Å². The average Bonchev–Trinajstić information content (AvgIpc) is 3.39. The van der Waals surface area contributed by atoms with Gasteiger partial charge in [0.25, 0.3) is 5.91 Å². The van der Waals surface area contributed by atoms with Crippen LogP contribution in [-0.2, 0) is 6.54 Å². The lowest BCUT2D eigenvalue weighted by molar-refractivity contribution is 0.0955. The number of benzene rings is 2. The Morgan fingerprint density at radius 3 is 2.44 bits per heavy atom. The summed E-state index contributed by atoms with van der Waals surface area (Å²) >= 11 is 0. The van der Waals surface area contributed by atoms with Crippen molar-refractivity contribution in [1.82, 2.24) is 25.0 Å². The normalized spacial score (nSPS) is 11.4. The zero-order chi connectivity index (χ0) is 22.3. The lowest BCUT2D eigenvalue weighted by Gasteiger charge is -2.09. The van der Waals surface area contributed by atoms with Crippen molar-refractivity contribution in [3.05, 3.63) is 107 Å². The van der Waals surface area contributed by atoms with Gasteiger partial charge in [0.2, 0.25) is 0 Å². The highest BCUT2D eigenvalue weighted by Crippen LogP contribution is 2.16. The van der Waals surface area contributed by atoms with Crippen molar-refractivity contribution in [2.24, 2.45) is 5.10 Å². The standard InChI is InChI=1S/C25H24N6O/c1-19-10-11-20(2)31(19)24-14-12-22(13-15-24)25(32)28-26-16-6-9-23-18-30(29-27-23)17-21-7-4-3-5-8-21/h3-16,18H,17H2,1-2H3,(H,28,32)/b9-6+,26-16+. The van der Waals surface area contributed by atoms with Gasteiger partial charge in [-0.2, -0.15) is 5.10 Å². The Hall–Kier alpha value is -4.26. The molecule has 1 amide bonds. The van der Waals surface area contributed by atoms with Gasteiger partial charge in [-0.15, -0.1) is 5.10 Å². The first-order valence-electron chi connectivity index (χ1n) is 10.3. The third-order valence-electron chi connectivity index (χ3n) is 5.00. The number of nitrogens with one attached hydrogen (secondary N) is 1. The van der Waals surface area contributed by atoms with Gasteiger partial charge in [0.05, 0.1) is 12.7 Å². The van der Waals surface area contributed by atoms with Crippen LogP contribution in [0.5, 0.6) is 0 Å². The number of aromatic nitrogens is 4. The summed E-state index contributed by atoms with van der Waals surface area (Å²) < 4.78 is 3.91. The largest absolute Gasteiger partial charge is 0.319 e. The zero-order valence-corrected chi connectivity index (χ0v) is 18.0. The number of hydrazone groups is 1. The lowest BCUT2D eigenvalue weighted by Crippen LogP contribution is -2.17. The maximum atomic E-state index is 12.3. The van der Waals surface area contributed by atoms with Crippen LogP contribution in [0, 0.1) is 13.8 Å². The second-order valence-corrected chi connectivity index (χ2v) is 7.40. The Kier molecular flexibility index (Phi) is 6.36. The summed E-state index contributed by atoms with van der Waals surface area (Å²) in [6, 6.07) is 21.6. The Morgan fingerprint density at radius 2 is 1.72 bits per heavy atom. The molecule has 4 rings (SSSR count). The van der Waals surface area contributed by atoms with Gasteiger partial charge in [-0.25, -0.2) is 10.1 Å². The molecule has 1 N–H and O–H groups in total. The highest BCUT2D eigenvalue weighted by Gasteiger charge is 2.07. The minimum Gasteiger partial charge on any atom is -0.319 e. The first-order chi connectivity index (χ1) is 15.6. The predicted octanol–water partition coefficient (Wildman–Crippen LogP) is 4.16. The van der Waals surface area contributed by atoms with Crippen LogP contribution in [0.2, 0.25) is 0 Å². The van der Waals surface area contributed by atoms with Gasteiger partial charge in [0.15, 0.2) is 0 Å². The third-order valence-corrected chi connectivity index (χ3v) is 5.00. The second-order valence-electron chi connectivity index (χ2n) is 7.40. The molecule has 0 aliphatic rings. The van der Waals surface area contributed by atoms with Crippen molar-refractivity contribution in [1.29, 1.82) is 0 Å². The van der Waals surface area contributed by atoms with Crippen molar-refractivity contribution in [2.75, 3.05) is 0 Å². The van der Waals surface area contributed by atoms with Crippen molar-refractivity contribution in [3.8, 4) is 5.69 Å². The van der Waals surface area contributed by atoms with Gasteiger partial charge in [-0.3, -0.25) is 4.79 Å². The molecule has 0 fully saturated rings. The van der Waals surface area contributed by atoms with Crippen LogP contribution in [0.1, 0.15) is 33.0 Å². The number of aryl methyl sites for hydroxylation is 2. The second kappa shape index (κ2) is 9.70. The van der Waals surface area contributed by atoms with Crippen LogP contribution in [0.25, 0.3) is 11.8 Å². The molecule has 0 atom stereocenters. The molecule has 2 heterocycles. The highest BCUT2D eigenvalue weighted by atomic mass is 16.2. The maximum absolute atomic E-state index is 12.3. The van der Waals surface area contributed by atoms with E-state index in [0.29, 0.717) is 17.8 Å². The van der Waals surface area contributed by atoms with Gasteiger partial charge in [-0.05, 0) is 68.0 Å². The topological polar surface area (TPSA) is 77.1 Å². The van der Waals surface area contributed by atoms with Crippen LogP contribution in [-0.4, -0.2) is 31.7 Å². The molecule has 0 spiro atoms. The summed E-state index contributed by atoms with van der Waals surface area (Å²) in [7, 11) is 0. The average molecular weight is 425 g/mol. The van der Waals surface area contributed by atoms with Gasteiger partial charge in [0.1, 0.15) is 5.69 Å². The molecule has 7 nitrogen and oxygen atoms in total. The number of hydrogen-bond acceptors (Lipinski definition) is 4. The molecular formula is C25H24N6O. The molecular weight excluding hydrogens is 400 g/mol. The first kappa shape index (κ1) is 21.0. The number of allylic oxidation sites excluding steroid dienone is 1. The van der Waals surface area contributed by atoms with E-state index >= 15 is 0 Å². The summed E-state index contributed by atoms with van der Waals surface area (Å²) in [5, 5.41) is 12.2. The molecule has 0 unspecified atom stereocenters. The van der Waals surface area contributed by atoms with Gasteiger partial charge >= 0.3 is 0 Å². The summed E-state index contributed by atoms with van der Waals surface area (Å²) in [5.74, 6) is -0.268. The van der Waals surface area contributed by atoms with E-state index in [2.05, 4.69) is 51.4 Å². The molecule has 0 saturated heterocycles. The minimum atomic E-state index is -0.268. The van der Waals surface area contributed by atoms with Gasteiger partial charge in [0, 0.05) is 28.9 Å². The van der Waals surface area contributed by atoms with Crippen molar-refractivity contribution in [3.63, 3.8) is 0 Å². The Labute approximate surface area is 186 Å². The van der Waals surface area contributed by atoms with E-state index in [0.717, 1.165) is 22.6 Å². The molecule has 32 heavy (non-hydrogen) atoms. The van der Waals surface area contributed by atoms with E-state index in [9.17, 15) is 4.79 Å². The molecule has 0 saturated carbocycles. The van der Waals surface area contributed by atoms with Crippen molar-refractivity contribution in [2.45, 2.75) is 20.4 Å². The molecule has 0 radical (unpaired) electrons. The van der Waals surface area contributed by atoms with Gasteiger partial charge < -0.3 is 4.57 Å². The summed E-state index contributed by atoms with van der Waals surface area (Å²) in [4.78, 5) is 12.3.